The number of halogens is 1. The molecule has 0 spiro atoms. The van der Waals surface area contributed by atoms with E-state index in [1.807, 2.05) is 32.9 Å². The SMILES string of the molecule is COc1cc2nc(OC)c(C(C)CC(C)(C)[S@@](N)=O)cc2cc1Cl. The molecule has 0 aliphatic heterocycles. The predicted octanol–water partition coefficient (Wildman–Crippen LogP) is 3.80. The Kier molecular flexibility index (Phi) is 5.73. The lowest BCUT2D eigenvalue weighted by Gasteiger charge is -2.26. The van der Waals surface area contributed by atoms with Crippen LogP contribution in [0.3, 0.4) is 0 Å². The van der Waals surface area contributed by atoms with Gasteiger partial charge in [-0.1, -0.05) is 18.5 Å². The highest BCUT2D eigenvalue weighted by Gasteiger charge is 2.28. The fraction of sp³-hybridized carbons (Fsp3) is 0.471. The fourth-order valence-corrected chi connectivity index (χ4v) is 3.44. The number of pyridine rings is 1. The van der Waals surface area contributed by atoms with Gasteiger partial charge in [-0.15, -0.1) is 0 Å². The molecular weight excluding hydrogens is 348 g/mol. The van der Waals surface area contributed by atoms with Gasteiger partial charge in [0.2, 0.25) is 5.88 Å². The first-order valence-electron chi connectivity index (χ1n) is 7.58. The monoisotopic (exact) mass is 370 g/mol. The van der Waals surface area contributed by atoms with Gasteiger partial charge in [0.1, 0.15) is 5.75 Å². The van der Waals surface area contributed by atoms with Gasteiger partial charge in [0, 0.05) is 17.0 Å². The molecule has 2 aromatic rings. The van der Waals surface area contributed by atoms with E-state index in [1.54, 1.807) is 20.3 Å². The number of ether oxygens (including phenoxy) is 2. The van der Waals surface area contributed by atoms with Crippen LogP contribution >= 0.6 is 11.6 Å². The minimum atomic E-state index is -1.41. The zero-order valence-corrected chi connectivity index (χ0v) is 16.1. The number of nitrogens with two attached hydrogens (primary N) is 1. The summed E-state index contributed by atoms with van der Waals surface area (Å²) >= 11 is 6.22. The molecule has 1 heterocycles. The molecule has 0 fully saturated rings. The van der Waals surface area contributed by atoms with Crippen molar-refractivity contribution in [1.82, 2.24) is 4.98 Å². The second-order valence-electron chi connectivity index (χ2n) is 6.43. The number of hydrogen-bond acceptors (Lipinski definition) is 4. The van der Waals surface area contributed by atoms with Crippen LogP contribution in [0, 0.1) is 0 Å². The maximum Gasteiger partial charge on any atom is 0.217 e. The molecule has 2 rings (SSSR count). The summed E-state index contributed by atoms with van der Waals surface area (Å²) in [5.74, 6) is 1.18. The molecule has 0 amide bonds. The van der Waals surface area contributed by atoms with Crippen LogP contribution < -0.4 is 14.6 Å². The van der Waals surface area contributed by atoms with Crippen LogP contribution in [0.1, 0.15) is 38.7 Å². The van der Waals surface area contributed by atoms with E-state index in [2.05, 4.69) is 4.98 Å². The highest BCUT2D eigenvalue weighted by atomic mass is 35.5. The van der Waals surface area contributed by atoms with Crippen molar-refractivity contribution in [2.45, 2.75) is 37.9 Å². The number of nitrogens with zero attached hydrogens (tertiary/aromatic N) is 1. The van der Waals surface area contributed by atoms with E-state index in [9.17, 15) is 4.21 Å². The summed E-state index contributed by atoms with van der Waals surface area (Å²) in [6.45, 7) is 5.83. The topological polar surface area (TPSA) is 74.4 Å². The summed E-state index contributed by atoms with van der Waals surface area (Å²) in [7, 11) is 1.74. The minimum Gasteiger partial charge on any atom is -0.495 e. The third kappa shape index (κ3) is 3.82. The first-order chi connectivity index (χ1) is 11.2. The summed E-state index contributed by atoms with van der Waals surface area (Å²) in [4.78, 5) is 4.57. The van der Waals surface area contributed by atoms with Gasteiger partial charge in [0.25, 0.3) is 0 Å². The van der Waals surface area contributed by atoms with Crippen LogP contribution in [0.2, 0.25) is 5.02 Å². The molecule has 0 aliphatic rings. The van der Waals surface area contributed by atoms with Crippen LogP contribution in [0.5, 0.6) is 11.6 Å². The van der Waals surface area contributed by atoms with Crippen molar-refractivity contribution < 1.29 is 13.7 Å². The quantitative estimate of drug-likeness (QED) is 0.839. The molecule has 0 saturated heterocycles. The minimum absolute atomic E-state index is 0.0697. The number of benzene rings is 1. The van der Waals surface area contributed by atoms with Crippen molar-refractivity contribution >= 4 is 33.5 Å². The van der Waals surface area contributed by atoms with Crippen LogP contribution in [-0.2, 0) is 11.0 Å². The van der Waals surface area contributed by atoms with Crippen LogP contribution in [-0.4, -0.2) is 28.2 Å². The first-order valence-corrected chi connectivity index (χ1v) is 9.17. The zero-order valence-electron chi connectivity index (χ0n) is 14.6. The molecular formula is C17H23ClN2O3S. The standard InChI is InChI=1S/C17H23ClN2O3S/c1-10(9-17(2,3)24(19)21)12-6-11-7-13(18)15(22-4)8-14(11)20-16(12)23-5/h6-8,10H,9,19H2,1-5H3/t10?,24-/m0/s1. The van der Waals surface area contributed by atoms with Crippen molar-refractivity contribution in [3.05, 3.63) is 28.8 Å². The second kappa shape index (κ2) is 7.25. The Morgan fingerprint density at radius 2 is 1.96 bits per heavy atom. The van der Waals surface area contributed by atoms with Crippen LogP contribution in [0.4, 0.5) is 0 Å². The maximum absolute atomic E-state index is 11.7. The van der Waals surface area contributed by atoms with Gasteiger partial charge in [-0.05, 0) is 38.3 Å². The van der Waals surface area contributed by atoms with E-state index in [0.717, 1.165) is 16.5 Å². The summed E-state index contributed by atoms with van der Waals surface area (Å²) in [5.41, 5.74) is 1.68. The van der Waals surface area contributed by atoms with E-state index in [4.69, 9.17) is 26.2 Å². The van der Waals surface area contributed by atoms with Gasteiger partial charge >= 0.3 is 0 Å². The van der Waals surface area contributed by atoms with Gasteiger partial charge < -0.3 is 9.47 Å². The number of methoxy groups -OCH3 is 2. The molecule has 0 bridgehead atoms. The Labute approximate surface area is 150 Å². The zero-order chi connectivity index (χ0) is 18.1. The Balaban J connectivity index is 2.51. The molecule has 1 unspecified atom stereocenters. The summed E-state index contributed by atoms with van der Waals surface area (Å²) in [6, 6.07) is 5.62. The lowest BCUT2D eigenvalue weighted by Crippen LogP contribution is -2.33. The van der Waals surface area contributed by atoms with Gasteiger partial charge in [0.05, 0.1) is 40.5 Å². The number of fused-ring (bicyclic) bond motifs is 1. The van der Waals surface area contributed by atoms with E-state index in [1.165, 1.54) is 0 Å². The number of hydrogen-bond donors (Lipinski definition) is 1. The Morgan fingerprint density at radius 3 is 2.50 bits per heavy atom. The molecule has 2 N–H and O–H groups in total. The smallest absolute Gasteiger partial charge is 0.217 e. The van der Waals surface area contributed by atoms with Crippen molar-refractivity contribution in [1.29, 1.82) is 0 Å². The number of rotatable bonds is 6. The summed E-state index contributed by atoms with van der Waals surface area (Å²) < 4.78 is 21.9. The first kappa shape index (κ1) is 19.0. The van der Waals surface area contributed by atoms with Gasteiger partial charge in [0.15, 0.2) is 0 Å². The van der Waals surface area contributed by atoms with Crippen molar-refractivity contribution in [3.63, 3.8) is 0 Å². The lowest BCUT2D eigenvalue weighted by atomic mass is 9.91. The lowest BCUT2D eigenvalue weighted by molar-refractivity contribution is 0.387. The second-order valence-corrected chi connectivity index (χ2v) is 8.54. The van der Waals surface area contributed by atoms with Crippen LogP contribution in [0.15, 0.2) is 18.2 Å². The third-order valence-corrected chi connectivity index (χ3v) is 5.70. The van der Waals surface area contributed by atoms with Crippen molar-refractivity contribution in [3.8, 4) is 11.6 Å². The summed E-state index contributed by atoms with van der Waals surface area (Å²) in [6.07, 6.45) is 0.642. The normalized spacial score (nSPS) is 14.5. The van der Waals surface area contributed by atoms with E-state index < -0.39 is 15.7 Å². The molecule has 5 nitrogen and oxygen atoms in total. The summed E-state index contributed by atoms with van der Waals surface area (Å²) in [5, 5.41) is 7.03. The Bertz CT molecular complexity index is 780. The average Bonchev–Trinajstić information content (AvgIpc) is 2.52. The molecule has 1 aromatic carbocycles. The molecule has 2 atom stereocenters. The highest BCUT2D eigenvalue weighted by Crippen LogP contribution is 2.37. The Morgan fingerprint density at radius 1 is 1.29 bits per heavy atom. The van der Waals surface area contributed by atoms with Gasteiger partial charge in [-0.25, -0.2) is 9.19 Å². The fourth-order valence-electron chi connectivity index (χ4n) is 2.78. The van der Waals surface area contributed by atoms with E-state index in [-0.39, 0.29) is 5.92 Å². The van der Waals surface area contributed by atoms with Gasteiger partial charge in [-0.2, -0.15) is 0 Å². The van der Waals surface area contributed by atoms with Crippen molar-refractivity contribution in [2.24, 2.45) is 5.14 Å². The maximum atomic E-state index is 11.7. The Hall–Kier alpha value is -1.37. The van der Waals surface area contributed by atoms with E-state index >= 15 is 0 Å². The molecule has 24 heavy (non-hydrogen) atoms. The molecule has 7 heteroatoms. The molecule has 1 aromatic heterocycles. The number of aromatic nitrogens is 1. The highest BCUT2D eigenvalue weighted by molar-refractivity contribution is 7.84. The molecule has 132 valence electrons. The molecule has 0 aliphatic carbocycles. The molecule has 0 radical (unpaired) electrons. The van der Waals surface area contributed by atoms with Crippen molar-refractivity contribution in [2.75, 3.05) is 14.2 Å². The third-order valence-electron chi connectivity index (χ3n) is 4.15. The largest absolute Gasteiger partial charge is 0.495 e. The molecule has 0 saturated carbocycles. The van der Waals surface area contributed by atoms with E-state index in [0.29, 0.717) is 23.1 Å². The average molecular weight is 371 g/mol. The van der Waals surface area contributed by atoms with Crippen LogP contribution in [0.25, 0.3) is 10.9 Å². The van der Waals surface area contributed by atoms with Gasteiger partial charge in [-0.3, -0.25) is 5.14 Å². The predicted molar refractivity (Wildman–Crippen MR) is 99.3 cm³/mol.